The first-order chi connectivity index (χ1) is 15.4. The van der Waals surface area contributed by atoms with Crippen molar-refractivity contribution in [2.75, 3.05) is 6.54 Å². The van der Waals surface area contributed by atoms with Crippen molar-refractivity contribution in [3.05, 3.63) is 95.0 Å². The molecule has 2 aromatic heterocycles. The highest BCUT2D eigenvalue weighted by Crippen LogP contribution is 2.27. The zero-order valence-corrected chi connectivity index (χ0v) is 18.8. The van der Waals surface area contributed by atoms with E-state index in [-0.39, 0.29) is 10.8 Å². The summed E-state index contributed by atoms with van der Waals surface area (Å²) in [6, 6.07) is 20.2. The van der Waals surface area contributed by atoms with Crippen LogP contribution in [0.15, 0.2) is 83.2 Å². The molecule has 0 bridgehead atoms. The summed E-state index contributed by atoms with van der Waals surface area (Å²) < 4.78 is 24.5. The first kappa shape index (κ1) is 21.9. The predicted octanol–water partition coefficient (Wildman–Crippen LogP) is 3.28. The van der Waals surface area contributed by atoms with E-state index in [1.54, 1.807) is 23.0 Å². The Hall–Kier alpha value is -3.27. The topological polar surface area (TPSA) is 107 Å². The van der Waals surface area contributed by atoms with Crippen LogP contribution in [0.5, 0.6) is 0 Å². The van der Waals surface area contributed by atoms with E-state index in [4.69, 9.17) is 5.14 Å². The highest BCUT2D eigenvalue weighted by atomic mass is 32.2. The normalized spacial score (nSPS) is 11.4. The minimum absolute atomic E-state index is 0.0664. The Bertz CT molecular complexity index is 1300. The molecule has 0 aliphatic heterocycles. The van der Waals surface area contributed by atoms with Crippen LogP contribution >= 0.6 is 11.3 Å². The van der Waals surface area contributed by atoms with E-state index in [1.165, 1.54) is 23.5 Å². The summed E-state index contributed by atoms with van der Waals surface area (Å²) in [6.45, 7) is 0.976. The number of rotatable bonds is 8. The number of amides is 1. The summed E-state index contributed by atoms with van der Waals surface area (Å²) in [4.78, 5) is 13.9. The second kappa shape index (κ2) is 9.47. The van der Waals surface area contributed by atoms with Crippen molar-refractivity contribution in [1.29, 1.82) is 0 Å². The van der Waals surface area contributed by atoms with Crippen molar-refractivity contribution in [2.24, 2.45) is 5.14 Å². The molecule has 4 aromatic rings. The molecule has 3 N–H and O–H groups in total. The Morgan fingerprint density at radius 3 is 2.41 bits per heavy atom. The summed E-state index contributed by atoms with van der Waals surface area (Å²) >= 11 is 1.54. The number of hydrogen-bond donors (Lipinski definition) is 2. The Morgan fingerprint density at radius 2 is 1.75 bits per heavy atom. The lowest BCUT2D eigenvalue weighted by Crippen LogP contribution is -2.25. The van der Waals surface area contributed by atoms with Gasteiger partial charge < -0.3 is 5.32 Å². The van der Waals surface area contributed by atoms with Crippen molar-refractivity contribution in [1.82, 2.24) is 15.1 Å². The van der Waals surface area contributed by atoms with Gasteiger partial charge >= 0.3 is 0 Å². The smallest absolute Gasteiger partial charge is 0.255 e. The largest absolute Gasteiger partial charge is 0.352 e. The number of sulfonamides is 1. The number of benzene rings is 2. The molecule has 0 saturated heterocycles. The minimum atomic E-state index is -3.71. The highest BCUT2D eigenvalue weighted by Gasteiger charge is 2.18. The molecule has 0 unspecified atom stereocenters. The number of aromatic nitrogens is 2. The third kappa shape index (κ3) is 5.31. The lowest BCUT2D eigenvalue weighted by atomic mass is 10.1. The van der Waals surface area contributed by atoms with Crippen LogP contribution in [-0.4, -0.2) is 30.7 Å². The van der Waals surface area contributed by atoms with E-state index in [2.05, 4.69) is 10.4 Å². The molecule has 0 atom stereocenters. The van der Waals surface area contributed by atoms with Crippen LogP contribution in [0.2, 0.25) is 0 Å². The predicted molar refractivity (Wildman–Crippen MR) is 125 cm³/mol. The van der Waals surface area contributed by atoms with Gasteiger partial charge in [-0.15, -0.1) is 11.3 Å². The zero-order chi connectivity index (χ0) is 22.6. The molecule has 0 saturated carbocycles. The van der Waals surface area contributed by atoms with Gasteiger partial charge in [-0.25, -0.2) is 13.6 Å². The summed E-state index contributed by atoms with van der Waals surface area (Å²) in [5, 5.41) is 14.7. The second-order valence-electron chi connectivity index (χ2n) is 7.25. The average molecular weight is 467 g/mol. The van der Waals surface area contributed by atoms with Gasteiger partial charge in [-0.1, -0.05) is 48.5 Å². The van der Waals surface area contributed by atoms with Crippen LogP contribution in [0, 0.1) is 0 Å². The average Bonchev–Trinajstić information content (AvgIpc) is 3.44. The van der Waals surface area contributed by atoms with Gasteiger partial charge in [-0.05, 0) is 41.1 Å². The molecule has 4 rings (SSSR count). The Kier molecular flexibility index (Phi) is 6.50. The minimum Gasteiger partial charge on any atom is -0.352 e. The van der Waals surface area contributed by atoms with Crippen molar-refractivity contribution >= 4 is 27.3 Å². The van der Waals surface area contributed by atoms with Crippen LogP contribution in [0.1, 0.15) is 21.5 Å². The van der Waals surface area contributed by atoms with E-state index in [0.29, 0.717) is 30.8 Å². The van der Waals surface area contributed by atoms with Crippen LogP contribution in [0.25, 0.3) is 10.6 Å². The van der Waals surface area contributed by atoms with Crippen LogP contribution in [-0.2, 0) is 23.0 Å². The molecule has 0 aliphatic rings. The van der Waals surface area contributed by atoms with Crippen LogP contribution < -0.4 is 10.5 Å². The van der Waals surface area contributed by atoms with E-state index < -0.39 is 10.0 Å². The van der Waals surface area contributed by atoms with Crippen molar-refractivity contribution in [3.63, 3.8) is 0 Å². The molecule has 2 aromatic carbocycles. The monoisotopic (exact) mass is 466 g/mol. The van der Waals surface area contributed by atoms with Gasteiger partial charge in [0.15, 0.2) is 0 Å². The van der Waals surface area contributed by atoms with E-state index in [9.17, 15) is 13.2 Å². The number of thiophene rings is 1. The molecule has 1 amide bonds. The van der Waals surface area contributed by atoms with Gasteiger partial charge in [-0.3, -0.25) is 9.48 Å². The first-order valence-corrected chi connectivity index (χ1v) is 12.4. The quantitative estimate of drug-likeness (QED) is 0.415. The molecule has 9 heteroatoms. The maximum absolute atomic E-state index is 12.9. The highest BCUT2D eigenvalue weighted by molar-refractivity contribution is 7.89. The van der Waals surface area contributed by atoms with E-state index in [0.717, 1.165) is 16.0 Å². The molecular weight excluding hydrogens is 444 g/mol. The zero-order valence-electron chi connectivity index (χ0n) is 17.1. The SMILES string of the molecule is NS(=O)(=O)c1ccc(CCNC(=O)c2cn(Cc3ccccc3)nc2-c2cccs2)cc1. The molecule has 0 spiro atoms. The van der Waals surface area contributed by atoms with Gasteiger partial charge in [0, 0.05) is 12.7 Å². The molecule has 0 fully saturated rings. The number of hydrogen-bond acceptors (Lipinski definition) is 5. The molecular formula is C23H22N4O3S2. The Labute approximate surface area is 190 Å². The van der Waals surface area contributed by atoms with Crippen molar-refractivity contribution in [3.8, 4) is 10.6 Å². The van der Waals surface area contributed by atoms with Crippen molar-refractivity contribution < 1.29 is 13.2 Å². The number of nitrogens with two attached hydrogens (primary N) is 1. The molecule has 164 valence electrons. The van der Waals surface area contributed by atoms with Crippen LogP contribution in [0.4, 0.5) is 0 Å². The number of nitrogens with zero attached hydrogens (tertiary/aromatic N) is 2. The van der Waals surface area contributed by atoms with Gasteiger partial charge in [0.25, 0.3) is 5.91 Å². The summed E-state index contributed by atoms with van der Waals surface area (Å²) in [5.41, 5.74) is 3.18. The third-order valence-corrected chi connectivity index (χ3v) is 6.71. The second-order valence-corrected chi connectivity index (χ2v) is 9.76. The summed E-state index contributed by atoms with van der Waals surface area (Å²) in [5.74, 6) is -0.200. The summed E-state index contributed by atoms with van der Waals surface area (Å²) in [7, 11) is -3.71. The standard InChI is InChI=1S/C23H22N4O3S2/c24-32(29,30)19-10-8-17(9-11-19)12-13-25-23(28)20-16-27(15-18-5-2-1-3-6-18)26-22(20)21-7-4-14-31-21/h1-11,14,16H,12-13,15H2,(H,25,28)(H2,24,29,30). The number of primary sulfonamides is 1. The van der Waals surface area contributed by atoms with Gasteiger partial charge in [0.05, 0.1) is 21.9 Å². The van der Waals surface area contributed by atoms with E-state index in [1.807, 2.05) is 47.8 Å². The Balaban J connectivity index is 1.46. The molecule has 32 heavy (non-hydrogen) atoms. The van der Waals surface area contributed by atoms with Gasteiger partial charge in [0.2, 0.25) is 10.0 Å². The molecule has 2 heterocycles. The molecule has 0 radical (unpaired) electrons. The third-order valence-electron chi connectivity index (χ3n) is 4.90. The van der Waals surface area contributed by atoms with Crippen LogP contribution in [0.3, 0.4) is 0 Å². The Morgan fingerprint density at radius 1 is 1.00 bits per heavy atom. The summed E-state index contributed by atoms with van der Waals surface area (Å²) in [6.07, 6.45) is 2.33. The fraction of sp³-hybridized carbons (Fsp3) is 0.130. The fourth-order valence-corrected chi connectivity index (χ4v) is 4.53. The first-order valence-electron chi connectivity index (χ1n) is 9.95. The maximum Gasteiger partial charge on any atom is 0.255 e. The molecule has 7 nitrogen and oxygen atoms in total. The number of carbonyl (C=O) groups excluding carboxylic acids is 1. The van der Waals surface area contributed by atoms with Crippen molar-refractivity contribution in [2.45, 2.75) is 17.9 Å². The molecule has 0 aliphatic carbocycles. The van der Waals surface area contributed by atoms with E-state index >= 15 is 0 Å². The lowest BCUT2D eigenvalue weighted by Gasteiger charge is -2.06. The number of carbonyl (C=O) groups is 1. The lowest BCUT2D eigenvalue weighted by molar-refractivity contribution is 0.0954. The fourth-order valence-electron chi connectivity index (χ4n) is 3.30. The van der Waals surface area contributed by atoms with Gasteiger partial charge in [0.1, 0.15) is 5.69 Å². The number of nitrogens with one attached hydrogen (secondary N) is 1. The van der Waals surface area contributed by atoms with Gasteiger partial charge in [-0.2, -0.15) is 5.10 Å². The maximum atomic E-state index is 12.9.